The van der Waals surface area contributed by atoms with Crippen LogP contribution in [-0.4, -0.2) is 5.11 Å². The smallest absolute Gasteiger partial charge is 0.120 e. The van der Waals surface area contributed by atoms with E-state index in [9.17, 15) is 5.11 Å². The standard InChI is InChI=1S/C50H39NO4/c52-31-35-9-5-18-44(28-35)54-33-37-11-7-20-46(30-37)55-34-38-12-6-19-45(29-38)53-32-36-10-4-17-43(27-36)51(42-15-2-1-3-16-42)48-26-24-41-22-21-39-13-8-14-40-23-25-47(48)50(41)49(39)40/h1-30,52H,31-34H2. The molecule has 55 heavy (non-hydrogen) atoms. The number of benzene rings is 9. The van der Waals surface area contributed by atoms with E-state index in [2.05, 4.69) is 114 Å². The van der Waals surface area contributed by atoms with Crippen molar-refractivity contribution >= 4 is 49.4 Å². The number of rotatable bonds is 13. The molecule has 0 saturated heterocycles. The second-order valence-electron chi connectivity index (χ2n) is 13.7. The fourth-order valence-corrected chi connectivity index (χ4v) is 7.39. The molecule has 9 aromatic carbocycles. The van der Waals surface area contributed by atoms with Gasteiger partial charge in [-0.1, -0.05) is 115 Å². The fraction of sp³-hybridized carbons (Fsp3) is 0.0800. The minimum atomic E-state index is -0.0161. The van der Waals surface area contributed by atoms with Crippen LogP contribution in [0.15, 0.2) is 182 Å². The lowest BCUT2D eigenvalue weighted by Crippen LogP contribution is -2.11. The summed E-state index contributed by atoms with van der Waals surface area (Å²) in [7, 11) is 0. The summed E-state index contributed by atoms with van der Waals surface area (Å²) in [6, 6.07) is 62.6. The molecule has 0 saturated carbocycles. The zero-order valence-electron chi connectivity index (χ0n) is 30.3. The number of hydrogen-bond acceptors (Lipinski definition) is 5. The topological polar surface area (TPSA) is 51.2 Å². The van der Waals surface area contributed by atoms with Gasteiger partial charge in [-0.25, -0.2) is 0 Å². The van der Waals surface area contributed by atoms with Crippen LogP contribution in [0, 0.1) is 0 Å². The van der Waals surface area contributed by atoms with Gasteiger partial charge in [0.2, 0.25) is 0 Å². The third kappa shape index (κ3) is 7.26. The van der Waals surface area contributed by atoms with E-state index in [-0.39, 0.29) is 6.61 Å². The number of nitrogens with zero attached hydrogens (tertiary/aromatic N) is 1. The van der Waals surface area contributed by atoms with E-state index in [0.29, 0.717) is 19.8 Å². The zero-order chi connectivity index (χ0) is 37.0. The van der Waals surface area contributed by atoms with Gasteiger partial charge in [-0.15, -0.1) is 0 Å². The summed E-state index contributed by atoms with van der Waals surface area (Å²) in [5.74, 6) is 2.27. The van der Waals surface area contributed by atoms with E-state index in [4.69, 9.17) is 14.2 Å². The number of aliphatic hydroxyl groups excluding tert-OH is 1. The normalized spacial score (nSPS) is 11.3. The van der Waals surface area contributed by atoms with Gasteiger partial charge in [-0.3, -0.25) is 0 Å². The van der Waals surface area contributed by atoms with Crippen LogP contribution in [0.25, 0.3) is 32.3 Å². The molecule has 0 unspecified atom stereocenters. The van der Waals surface area contributed by atoms with E-state index in [1.165, 1.54) is 32.3 Å². The van der Waals surface area contributed by atoms with Crippen LogP contribution in [0.3, 0.4) is 0 Å². The highest BCUT2D eigenvalue weighted by Crippen LogP contribution is 2.43. The molecule has 0 aliphatic rings. The number of hydrogen-bond donors (Lipinski definition) is 1. The molecule has 268 valence electrons. The summed E-state index contributed by atoms with van der Waals surface area (Å²) in [6.07, 6.45) is 0. The van der Waals surface area contributed by atoms with Gasteiger partial charge in [0.25, 0.3) is 0 Å². The summed E-state index contributed by atoms with van der Waals surface area (Å²) in [5, 5.41) is 17.0. The predicted molar refractivity (Wildman–Crippen MR) is 223 cm³/mol. The van der Waals surface area contributed by atoms with Gasteiger partial charge in [-0.2, -0.15) is 0 Å². The lowest BCUT2D eigenvalue weighted by molar-refractivity contribution is 0.277. The molecule has 0 aliphatic carbocycles. The summed E-state index contributed by atoms with van der Waals surface area (Å²) in [4.78, 5) is 2.35. The molecule has 5 nitrogen and oxygen atoms in total. The van der Waals surface area contributed by atoms with Crippen molar-refractivity contribution in [1.82, 2.24) is 0 Å². The number of anilines is 3. The average molecular weight is 718 g/mol. The second-order valence-corrected chi connectivity index (χ2v) is 13.7. The SMILES string of the molecule is OCc1cccc(OCc2cccc(OCc3cccc(OCc4cccc(N(c5ccccc5)c5ccc6ccc7cccc8ccc5c6c78)c4)c3)c2)c1. The summed E-state index contributed by atoms with van der Waals surface area (Å²) < 4.78 is 18.5. The van der Waals surface area contributed by atoms with Crippen molar-refractivity contribution in [3.05, 3.63) is 204 Å². The maximum atomic E-state index is 9.42. The van der Waals surface area contributed by atoms with Crippen LogP contribution in [0.2, 0.25) is 0 Å². The van der Waals surface area contributed by atoms with Crippen molar-refractivity contribution < 1.29 is 19.3 Å². The van der Waals surface area contributed by atoms with Crippen molar-refractivity contribution in [3.63, 3.8) is 0 Å². The Kier molecular flexibility index (Phi) is 9.43. The van der Waals surface area contributed by atoms with Crippen LogP contribution in [0.5, 0.6) is 17.2 Å². The lowest BCUT2D eigenvalue weighted by atomic mass is 9.93. The minimum absolute atomic E-state index is 0.0161. The molecule has 0 atom stereocenters. The first-order chi connectivity index (χ1) is 27.2. The van der Waals surface area contributed by atoms with Crippen LogP contribution in [0.4, 0.5) is 17.1 Å². The zero-order valence-corrected chi connectivity index (χ0v) is 30.3. The van der Waals surface area contributed by atoms with Crippen LogP contribution in [0.1, 0.15) is 22.3 Å². The molecule has 0 heterocycles. The first-order valence-electron chi connectivity index (χ1n) is 18.6. The Morgan fingerprint density at radius 2 is 0.855 bits per heavy atom. The van der Waals surface area contributed by atoms with Gasteiger partial charge in [0.1, 0.15) is 37.1 Å². The monoisotopic (exact) mass is 717 g/mol. The highest BCUT2D eigenvalue weighted by Gasteiger charge is 2.18. The average Bonchev–Trinajstić information content (AvgIpc) is 3.25. The van der Waals surface area contributed by atoms with Gasteiger partial charge in [0.05, 0.1) is 12.3 Å². The molecule has 0 aliphatic heterocycles. The minimum Gasteiger partial charge on any atom is -0.489 e. The quantitative estimate of drug-likeness (QED) is 0.120. The Morgan fingerprint density at radius 1 is 0.382 bits per heavy atom. The number of para-hydroxylation sites is 1. The van der Waals surface area contributed by atoms with Gasteiger partial charge >= 0.3 is 0 Å². The van der Waals surface area contributed by atoms with Gasteiger partial charge in [0, 0.05) is 16.8 Å². The van der Waals surface area contributed by atoms with Crippen molar-refractivity contribution in [2.24, 2.45) is 0 Å². The number of aliphatic hydroxyl groups is 1. The van der Waals surface area contributed by atoms with Gasteiger partial charge in [0.15, 0.2) is 0 Å². The molecule has 0 amide bonds. The van der Waals surface area contributed by atoms with Crippen molar-refractivity contribution in [1.29, 1.82) is 0 Å². The van der Waals surface area contributed by atoms with Gasteiger partial charge in [-0.05, 0) is 116 Å². The molecule has 9 rings (SSSR count). The Balaban J connectivity index is 0.917. The highest BCUT2D eigenvalue weighted by molar-refractivity contribution is 6.25. The second kappa shape index (κ2) is 15.3. The summed E-state index contributed by atoms with van der Waals surface area (Å²) in [5.41, 5.74) is 7.19. The van der Waals surface area contributed by atoms with Crippen LogP contribution >= 0.6 is 0 Å². The predicted octanol–water partition coefficient (Wildman–Crippen LogP) is 12.3. The molecule has 0 spiro atoms. The number of ether oxygens (including phenoxy) is 3. The van der Waals surface area contributed by atoms with E-state index >= 15 is 0 Å². The van der Waals surface area contributed by atoms with Gasteiger partial charge < -0.3 is 24.2 Å². The Bertz CT molecular complexity index is 2710. The van der Waals surface area contributed by atoms with E-state index in [1.807, 2.05) is 72.8 Å². The maximum absolute atomic E-state index is 9.42. The summed E-state index contributed by atoms with van der Waals surface area (Å²) >= 11 is 0. The summed E-state index contributed by atoms with van der Waals surface area (Å²) in [6.45, 7) is 1.21. The Labute approximate surface area is 320 Å². The fourth-order valence-electron chi connectivity index (χ4n) is 7.39. The van der Waals surface area contributed by atoms with E-state index in [0.717, 1.165) is 56.6 Å². The molecule has 0 bridgehead atoms. The molecule has 1 N–H and O–H groups in total. The third-order valence-corrected chi connectivity index (χ3v) is 10.0. The molecular weight excluding hydrogens is 679 g/mol. The van der Waals surface area contributed by atoms with Crippen molar-refractivity contribution in [3.8, 4) is 17.2 Å². The third-order valence-electron chi connectivity index (χ3n) is 10.0. The molecule has 5 heteroatoms. The molecule has 0 radical (unpaired) electrons. The highest BCUT2D eigenvalue weighted by atomic mass is 16.5. The molecule has 0 fully saturated rings. The van der Waals surface area contributed by atoms with E-state index < -0.39 is 0 Å². The van der Waals surface area contributed by atoms with Crippen LogP contribution in [-0.2, 0) is 26.4 Å². The van der Waals surface area contributed by atoms with Crippen LogP contribution < -0.4 is 19.1 Å². The largest absolute Gasteiger partial charge is 0.489 e. The van der Waals surface area contributed by atoms with Crippen molar-refractivity contribution in [2.45, 2.75) is 26.4 Å². The Hall–Kier alpha value is -6.82. The Morgan fingerprint density at radius 3 is 1.47 bits per heavy atom. The maximum Gasteiger partial charge on any atom is 0.120 e. The molecule has 0 aromatic heterocycles. The molecule has 9 aromatic rings. The lowest BCUT2D eigenvalue weighted by Gasteiger charge is -2.28. The van der Waals surface area contributed by atoms with Crippen molar-refractivity contribution in [2.75, 3.05) is 4.90 Å². The first-order valence-corrected chi connectivity index (χ1v) is 18.6. The molecular formula is C50H39NO4. The first kappa shape index (κ1) is 34.0. The van der Waals surface area contributed by atoms with E-state index in [1.54, 1.807) is 0 Å².